The second-order valence-corrected chi connectivity index (χ2v) is 6.07. The maximum atomic E-state index is 12.5. The van der Waals surface area contributed by atoms with E-state index in [1.807, 2.05) is 56.3 Å². The first-order valence-electron chi connectivity index (χ1n) is 8.30. The van der Waals surface area contributed by atoms with Crippen LogP contribution in [0.25, 0.3) is 0 Å². The van der Waals surface area contributed by atoms with Crippen LogP contribution in [-0.4, -0.2) is 18.0 Å². The Labute approximate surface area is 153 Å². The Morgan fingerprint density at radius 1 is 0.923 bits per heavy atom. The Balaban J connectivity index is 1.75. The molecule has 0 aliphatic carbocycles. The molecule has 0 saturated carbocycles. The number of carbonyl (C=O) groups excluding carboxylic acids is 1. The number of nitrogens with zero attached hydrogens (tertiary/aromatic N) is 1. The van der Waals surface area contributed by atoms with E-state index in [2.05, 4.69) is 15.6 Å². The number of methoxy groups -OCH3 is 1. The summed E-state index contributed by atoms with van der Waals surface area (Å²) in [6.07, 6.45) is 3.22. The van der Waals surface area contributed by atoms with Crippen molar-refractivity contribution in [3.05, 3.63) is 77.6 Å². The lowest BCUT2D eigenvalue weighted by Crippen LogP contribution is -2.12. The molecule has 0 aliphatic rings. The smallest absolute Gasteiger partial charge is 0.257 e. The molecule has 132 valence electrons. The fourth-order valence-corrected chi connectivity index (χ4v) is 2.52. The number of aryl methyl sites for hydroxylation is 2. The zero-order valence-electron chi connectivity index (χ0n) is 15.0. The number of benzene rings is 2. The zero-order chi connectivity index (χ0) is 18.5. The number of pyridine rings is 1. The van der Waals surface area contributed by atoms with Crippen molar-refractivity contribution >= 4 is 23.0 Å². The molecule has 1 aromatic heterocycles. The highest BCUT2D eigenvalue weighted by Crippen LogP contribution is 2.22. The average molecular weight is 347 g/mol. The van der Waals surface area contributed by atoms with Crippen LogP contribution >= 0.6 is 0 Å². The molecular formula is C21H21N3O2. The largest absolute Gasteiger partial charge is 0.497 e. The number of ether oxygens (including phenoxy) is 1. The standard InChI is InChI=1S/C21H21N3O2/c1-14-7-8-18(9-15(14)2)24-21(25)16-10-19(13-22-12-16)23-17-5-4-6-20(11-17)26-3/h4-13,23H,1-3H3,(H,24,25). The summed E-state index contributed by atoms with van der Waals surface area (Å²) >= 11 is 0. The summed E-state index contributed by atoms with van der Waals surface area (Å²) in [7, 11) is 1.62. The van der Waals surface area contributed by atoms with Gasteiger partial charge >= 0.3 is 0 Å². The van der Waals surface area contributed by atoms with Crippen LogP contribution < -0.4 is 15.4 Å². The molecule has 26 heavy (non-hydrogen) atoms. The van der Waals surface area contributed by atoms with E-state index in [0.29, 0.717) is 5.56 Å². The first-order valence-corrected chi connectivity index (χ1v) is 8.30. The van der Waals surface area contributed by atoms with Gasteiger partial charge in [-0.25, -0.2) is 0 Å². The second kappa shape index (κ2) is 7.70. The quantitative estimate of drug-likeness (QED) is 0.702. The lowest BCUT2D eigenvalue weighted by molar-refractivity contribution is 0.102. The molecule has 3 aromatic rings. The normalized spacial score (nSPS) is 10.3. The summed E-state index contributed by atoms with van der Waals surface area (Å²) in [6.45, 7) is 4.06. The van der Waals surface area contributed by atoms with Crippen LogP contribution in [0.3, 0.4) is 0 Å². The molecule has 0 bridgehead atoms. The monoisotopic (exact) mass is 347 g/mol. The van der Waals surface area contributed by atoms with Gasteiger partial charge in [0.1, 0.15) is 5.75 Å². The molecule has 0 atom stereocenters. The highest BCUT2D eigenvalue weighted by molar-refractivity contribution is 6.04. The lowest BCUT2D eigenvalue weighted by Gasteiger charge is -2.10. The minimum Gasteiger partial charge on any atom is -0.497 e. The highest BCUT2D eigenvalue weighted by atomic mass is 16.5. The van der Waals surface area contributed by atoms with Crippen LogP contribution in [0.2, 0.25) is 0 Å². The molecule has 0 saturated heterocycles. The number of rotatable bonds is 5. The number of nitrogens with one attached hydrogen (secondary N) is 2. The molecule has 1 amide bonds. The van der Waals surface area contributed by atoms with E-state index in [9.17, 15) is 4.79 Å². The number of aromatic nitrogens is 1. The molecule has 5 heteroatoms. The summed E-state index contributed by atoms with van der Waals surface area (Å²) in [5.74, 6) is 0.557. The van der Waals surface area contributed by atoms with Gasteiger partial charge in [0.05, 0.1) is 24.6 Å². The Hall–Kier alpha value is -3.34. The number of amides is 1. The van der Waals surface area contributed by atoms with Crippen molar-refractivity contribution in [3.63, 3.8) is 0 Å². The van der Waals surface area contributed by atoms with Gasteiger partial charge in [-0.3, -0.25) is 9.78 Å². The third kappa shape index (κ3) is 4.19. The van der Waals surface area contributed by atoms with Gasteiger partial charge in [-0.05, 0) is 55.3 Å². The average Bonchev–Trinajstić information content (AvgIpc) is 2.65. The Morgan fingerprint density at radius 2 is 1.77 bits per heavy atom. The Morgan fingerprint density at radius 3 is 2.54 bits per heavy atom. The summed E-state index contributed by atoms with van der Waals surface area (Å²) < 4.78 is 5.22. The first-order chi connectivity index (χ1) is 12.5. The van der Waals surface area contributed by atoms with Crippen molar-refractivity contribution in [3.8, 4) is 5.75 Å². The van der Waals surface area contributed by atoms with Crippen molar-refractivity contribution in [2.75, 3.05) is 17.7 Å². The van der Waals surface area contributed by atoms with Crippen molar-refractivity contribution < 1.29 is 9.53 Å². The van der Waals surface area contributed by atoms with Crippen LogP contribution in [0.15, 0.2) is 60.9 Å². The number of hydrogen-bond acceptors (Lipinski definition) is 4. The molecule has 0 unspecified atom stereocenters. The van der Waals surface area contributed by atoms with Gasteiger partial charge in [0, 0.05) is 23.6 Å². The molecule has 2 aromatic carbocycles. The molecule has 1 heterocycles. The van der Waals surface area contributed by atoms with E-state index >= 15 is 0 Å². The molecule has 0 aliphatic heterocycles. The van der Waals surface area contributed by atoms with E-state index in [0.717, 1.165) is 28.4 Å². The summed E-state index contributed by atoms with van der Waals surface area (Å²) in [4.78, 5) is 16.7. The summed E-state index contributed by atoms with van der Waals surface area (Å²) in [6, 6.07) is 15.2. The van der Waals surface area contributed by atoms with Gasteiger partial charge in [0.25, 0.3) is 5.91 Å². The summed E-state index contributed by atoms with van der Waals surface area (Å²) in [5.41, 5.74) is 5.16. The van der Waals surface area contributed by atoms with Crippen LogP contribution in [0.5, 0.6) is 5.75 Å². The van der Waals surface area contributed by atoms with Crippen LogP contribution in [0.1, 0.15) is 21.5 Å². The van der Waals surface area contributed by atoms with Gasteiger partial charge in [-0.2, -0.15) is 0 Å². The van der Waals surface area contributed by atoms with Gasteiger partial charge in [-0.1, -0.05) is 12.1 Å². The third-order valence-corrected chi connectivity index (χ3v) is 4.12. The third-order valence-electron chi connectivity index (χ3n) is 4.12. The maximum Gasteiger partial charge on any atom is 0.257 e. The highest BCUT2D eigenvalue weighted by Gasteiger charge is 2.09. The van der Waals surface area contributed by atoms with Crippen LogP contribution in [0, 0.1) is 13.8 Å². The molecule has 0 fully saturated rings. The first kappa shape index (κ1) is 17.5. The number of anilines is 3. The molecule has 2 N–H and O–H groups in total. The SMILES string of the molecule is COc1cccc(Nc2cncc(C(=O)Nc3ccc(C)c(C)c3)c2)c1. The van der Waals surface area contributed by atoms with Gasteiger partial charge in [0.2, 0.25) is 0 Å². The Kier molecular flexibility index (Phi) is 5.17. The predicted octanol–water partition coefficient (Wildman–Crippen LogP) is 4.70. The minimum atomic E-state index is -0.199. The van der Waals surface area contributed by atoms with Gasteiger partial charge < -0.3 is 15.4 Å². The van der Waals surface area contributed by atoms with Crippen LogP contribution in [-0.2, 0) is 0 Å². The fraction of sp³-hybridized carbons (Fsp3) is 0.143. The van der Waals surface area contributed by atoms with Crippen molar-refractivity contribution in [2.45, 2.75) is 13.8 Å². The summed E-state index contributed by atoms with van der Waals surface area (Å²) in [5, 5.41) is 6.14. The molecule has 0 spiro atoms. The van der Waals surface area contributed by atoms with Crippen LogP contribution in [0.4, 0.5) is 17.1 Å². The van der Waals surface area contributed by atoms with Crippen molar-refractivity contribution in [1.29, 1.82) is 0 Å². The van der Waals surface area contributed by atoms with E-state index in [4.69, 9.17) is 4.74 Å². The van der Waals surface area contributed by atoms with Gasteiger partial charge in [-0.15, -0.1) is 0 Å². The number of carbonyl (C=O) groups is 1. The van der Waals surface area contributed by atoms with Crippen molar-refractivity contribution in [1.82, 2.24) is 4.98 Å². The molecule has 0 radical (unpaired) electrons. The molecule has 5 nitrogen and oxygen atoms in total. The van der Waals surface area contributed by atoms with E-state index in [1.54, 1.807) is 25.6 Å². The molecule has 3 rings (SSSR count). The fourth-order valence-electron chi connectivity index (χ4n) is 2.52. The topological polar surface area (TPSA) is 63.2 Å². The minimum absolute atomic E-state index is 0.199. The maximum absolute atomic E-state index is 12.5. The predicted molar refractivity (Wildman–Crippen MR) is 104 cm³/mol. The lowest BCUT2D eigenvalue weighted by atomic mass is 10.1. The zero-order valence-corrected chi connectivity index (χ0v) is 15.0. The van der Waals surface area contributed by atoms with Crippen molar-refractivity contribution in [2.24, 2.45) is 0 Å². The van der Waals surface area contributed by atoms with E-state index < -0.39 is 0 Å². The van der Waals surface area contributed by atoms with Gasteiger partial charge in [0.15, 0.2) is 0 Å². The molecular weight excluding hydrogens is 326 g/mol. The van der Waals surface area contributed by atoms with E-state index in [1.165, 1.54) is 5.56 Å². The number of hydrogen-bond donors (Lipinski definition) is 2. The Bertz CT molecular complexity index is 938. The van der Waals surface area contributed by atoms with E-state index in [-0.39, 0.29) is 5.91 Å². The second-order valence-electron chi connectivity index (χ2n) is 6.07.